The Morgan fingerprint density at radius 1 is 1.38 bits per heavy atom. The number of aromatic nitrogens is 2. The van der Waals surface area contributed by atoms with Crippen molar-refractivity contribution in [3.05, 3.63) is 36.7 Å². The Hall–Kier alpha value is -1.68. The van der Waals surface area contributed by atoms with Crippen LogP contribution in [0, 0.1) is 0 Å². The Labute approximate surface area is 74.9 Å². The van der Waals surface area contributed by atoms with Gasteiger partial charge in [0.2, 0.25) is 0 Å². The molecule has 0 fully saturated rings. The van der Waals surface area contributed by atoms with E-state index in [1.54, 1.807) is 18.6 Å². The van der Waals surface area contributed by atoms with Gasteiger partial charge in [-0.05, 0) is 12.1 Å². The molecule has 1 N–H and O–H groups in total. The maximum atomic E-state index is 8.85. The lowest BCUT2D eigenvalue weighted by Gasteiger charge is -1.97. The molecule has 0 aliphatic rings. The molecule has 0 radical (unpaired) electrons. The maximum Gasteiger partial charge on any atom is 0.116 e. The molecule has 0 aliphatic carbocycles. The highest BCUT2D eigenvalue weighted by Gasteiger charge is 2.01. The zero-order chi connectivity index (χ0) is 9.10. The molecule has 13 heavy (non-hydrogen) atoms. The van der Waals surface area contributed by atoms with Crippen LogP contribution < -0.4 is 0 Å². The predicted molar refractivity (Wildman–Crippen MR) is 45.7 cm³/mol. The van der Waals surface area contributed by atoms with E-state index in [2.05, 4.69) is 9.97 Å². The summed E-state index contributed by atoms with van der Waals surface area (Å²) >= 11 is 0. The average Bonchev–Trinajstić information content (AvgIpc) is 2.71. The molecule has 0 unspecified atom stereocenters. The summed E-state index contributed by atoms with van der Waals surface area (Å²) in [6, 6.07) is 3.54. The van der Waals surface area contributed by atoms with Crippen molar-refractivity contribution in [3.8, 4) is 11.3 Å². The van der Waals surface area contributed by atoms with Crippen molar-refractivity contribution in [1.82, 2.24) is 9.97 Å². The first kappa shape index (κ1) is 7.94. The third kappa shape index (κ3) is 1.57. The minimum atomic E-state index is -0.0760. The fraction of sp³-hybridized carbons (Fsp3) is 0.111. The third-order valence-electron chi connectivity index (χ3n) is 1.70. The van der Waals surface area contributed by atoms with Crippen LogP contribution in [0.2, 0.25) is 0 Å². The van der Waals surface area contributed by atoms with Crippen LogP contribution in [0.4, 0.5) is 0 Å². The Bertz CT molecular complexity index is 384. The van der Waals surface area contributed by atoms with Crippen molar-refractivity contribution in [2.24, 2.45) is 0 Å². The van der Waals surface area contributed by atoms with Crippen molar-refractivity contribution < 1.29 is 9.52 Å². The molecule has 0 amide bonds. The molecule has 0 bridgehead atoms. The second-order valence-corrected chi connectivity index (χ2v) is 2.56. The summed E-state index contributed by atoms with van der Waals surface area (Å²) in [5, 5.41) is 8.85. The fourth-order valence-electron chi connectivity index (χ4n) is 1.05. The second kappa shape index (κ2) is 3.37. The van der Waals surface area contributed by atoms with Gasteiger partial charge in [-0.1, -0.05) is 0 Å². The van der Waals surface area contributed by atoms with Crippen LogP contribution in [0.3, 0.4) is 0 Å². The minimum absolute atomic E-state index is 0.0760. The molecule has 4 heteroatoms. The van der Waals surface area contributed by atoms with Gasteiger partial charge in [-0.15, -0.1) is 0 Å². The molecular weight excluding hydrogens is 168 g/mol. The first-order valence-corrected chi connectivity index (χ1v) is 3.84. The van der Waals surface area contributed by atoms with E-state index in [9.17, 15) is 0 Å². The molecule has 66 valence electrons. The maximum absolute atomic E-state index is 8.85. The molecule has 0 aliphatic heterocycles. The van der Waals surface area contributed by atoms with E-state index in [1.807, 2.05) is 6.07 Å². The zero-order valence-electron chi connectivity index (χ0n) is 6.84. The van der Waals surface area contributed by atoms with Crippen LogP contribution in [0.15, 0.2) is 35.4 Å². The summed E-state index contributed by atoms with van der Waals surface area (Å²) in [5.41, 5.74) is 2.25. The monoisotopic (exact) mass is 176 g/mol. The topological polar surface area (TPSA) is 59.2 Å². The Morgan fingerprint density at radius 2 is 2.31 bits per heavy atom. The van der Waals surface area contributed by atoms with E-state index in [-0.39, 0.29) is 6.61 Å². The number of furan rings is 1. The highest BCUT2D eigenvalue weighted by molar-refractivity contribution is 5.56. The molecule has 2 heterocycles. The van der Waals surface area contributed by atoms with Gasteiger partial charge in [0.05, 0.1) is 30.5 Å². The van der Waals surface area contributed by atoms with Gasteiger partial charge in [0.25, 0.3) is 0 Å². The number of hydrogen-bond donors (Lipinski definition) is 1. The van der Waals surface area contributed by atoms with E-state index < -0.39 is 0 Å². The van der Waals surface area contributed by atoms with Crippen molar-refractivity contribution in [2.45, 2.75) is 6.61 Å². The lowest BCUT2D eigenvalue weighted by Crippen LogP contribution is -1.91. The Kier molecular flexibility index (Phi) is 2.06. The van der Waals surface area contributed by atoms with Gasteiger partial charge < -0.3 is 9.52 Å². The number of nitrogens with zero attached hydrogens (tertiary/aromatic N) is 2. The number of aliphatic hydroxyl groups is 1. The van der Waals surface area contributed by atoms with E-state index >= 15 is 0 Å². The molecule has 2 rings (SSSR count). The summed E-state index contributed by atoms with van der Waals surface area (Å²) in [7, 11) is 0. The smallest absolute Gasteiger partial charge is 0.116 e. The summed E-state index contributed by atoms with van der Waals surface area (Å²) in [6.45, 7) is -0.0760. The van der Waals surface area contributed by atoms with Crippen LogP contribution in [0.1, 0.15) is 5.69 Å². The summed E-state index contributed by atoms with van der Waals surface area (Å²) in [4.78, 5) is 7.92. The van der Waals surface area contributed by atoms with Gasteiger partial charge >= 0.3 is 0 Å². The van der Waals surface area contributed by atoms with Crippen molar-refractivity contribution in [3.63, 3.8) is 0 Å². The molecule has 0 saturated carbocycles. The minimum Gasteiger partial charge on any atom is -0.472 e. The van der Waals surface area contributed by atoms with Crippen LogP contribution in [0.5, 0.6) is 0 Å². The highest BCUT2D eigenvalue weighted by Crippen LogP contribution is 2.16. The molecule has 0 atom stereocenters. The Morgan fingerprint density at radius 3 is 3.00 bits per heavy atom. The van der Waals surface area contributed by atoms with E-state index in [0.717, 1.165) is 11.3 Å². The molecule has 4 nitrogen and oxygen atoms in total. The van der Waals surface area contributed by atoms with E-state index in [1.165, 1.54) is 6.33 Å². The fourth-order valence-corrected chi connectivity index (χ4v) is 1.05. The highest BCUT2D eigenvalue weighted by atomic mass is 16.3. The summed E-state index contributed by atoms with van der Waals surface area (Å²) in [6.07, 6.45) is 4.60. The van der Waals surface area contributed by atoms with Gasteiger partial charge in [0.15, 0.2) is 0 Å². The SMILES string of the molecule is OCc1cc(-c2ccoc2)ncn1. The van der Waals surface area contributed by atoms with Gasteiger partial charge in [-0.25, -0.2) is 9.97 Å². The predicted octanol–water partition coefficient (Wildman–Crippen LogP) is 1.23. The van der Waals surface area contributed by atoms with Crippen molar-refractivity contribution in [2.75, 3.05) is 0 Å². The first-order valence-electron chi connectivity index (χ1n) is 3.84. The van der Waals surface area contributed by atoms with Crippen LogP contribution in [0.25, 0.3) is 11.3 Å². The quantitative estimate of drug-likeness (QED) is 0.747. The van der Waals surface area contributed by atoms with Gasteiger partial charge in [-0.3, -0.25) is 0 Å². The summed E-state index contributed by atoms with van der Waals surface area (Å²) in [5.74, 6) is 0. The lowest BCUT2D eigenvalue weighted by molar-refractivity contribution is 0.276. The summed E-state index contributed by atoms with van der Waals surface area (Å²) < 4.78 is 4.92. The lowest BCUT2D eigenvalue weighted by atomic mass is 10.2. The normalized spacial score (nSPS) is 10.2. The van der Waals surface area contributed by atoms with E-state index in [4.69, 9.17) is 9.52 Å². The molecule has 0 saturated heterocycles. The Balaban J connectivity index is 2.41. The molecule has 2 aromatic heterocycles. The van der Waals surface area contributed by atoms with E-state index in [0.29, 0.717) is 5.69 Å². The van der Waals surface area contributed by atoms with Crippen molar-refractivity contribution >= 4 is 0 Å². The molecule has 0 aromatic carbocycles. The first-order chi connectivity index (χ1) is 6.40. The van der Waals surface area contributed by atoms with Gasteiger partial charge in [0, 0.05) is 5.56 Å². The van der Waals surface area contributed by atoms with Crippen molar-refractivity contribution in [1.29, 1.82) is 0 Å². The zero-order valence-corrected chi connectivity index (χ0v) is 6.84. The molecular formula is C9H8N2O2. The van der Waals surface area contributed by atoms with Gasteiger partial charge in [-0.2, -0.15) is 0 Å². The number of aliphatic hydroxyl groups excluding tert-OH is 1. The van der Waals surface area contributed by atoms with Crippen LogP contribution in [-0.2, 0) is 6.61 Å². The van der Waals surface area contributed by atoms with Crippen LogP contribution >= 0.6 is 0 Å². The number of hydrogen-bond acceptors (Lipinski definition) is 4. The third-order valence-corrected chi connectivity index (χ3v) is 1.70. The largest absolute Gasteiger partial charge is 0.472 e. The molecule has 0 spiro atoms. The standard InChI is InChI=1S/C9H8N2O2/c12-4-8-3-9(11-6-10-8)7-1-2-13-5-7/h1-3,5-6,12H,4H2. The average molecular weight is 176 g/mol. The second-order valence-electron chi connectivity index (χ2n) is 2.56. The van der Waals surface area contributed by atoms with Crippen LogP contribution in [-0.4, -0.2) is 15.1 Å². The number of rotatable bonds is 2. The van der Waals surface area contributed by atoms with Gasteiger partial charge in [0.1, 0.15) is 6.33 Å². The molecule has 2 aromatic rings.